The van der Waals surface area contributed by atoms with Crippen molar-refractivity contribution >= 4 is 16.6 Å². The van der Waals surface area contributed by atoms with E-state index >= 15 is 0 Å². The Morgan fingerprint density at radius 1 is 1.00 bits per heavy atom. The molecule has 0 aliphatic heterocycles. The molecule has 0 saturated heterocycles. The summed E-state index contributed by atoms with van der Waals surface area (Å²) < 4.78 is 40.5. The van der Waals surface area contributed by atoms with Crippen molar-refractivity contribution in [2.45, 2.75) is 18.8 Å². The number of hydrogen-bond donors (Lipinski definition) is 2. The molecule has 0 unspecified atom stereocenters. The topological polar surface area (TPSA) is 79.5 Å². The van der Waals surface area contributed by atoms with Crippen LogP contribution in [0.5, 0.6) is 0 Å². The van der Waals surface area contributed by atoms with Crippen LogP contribution in [0.25, 0.3) is 22.0 Å². The smallest absolute Gasteiger partial charge is 0.394 e. The molecular weight excluding hydrogens is 375 g/mol. The Bertz CT molecular complexity index is 1180. The summed E-state index contributed by atoms with van der Waals surface area (Å²) in [5.74, 6) is -0.400. The lowest BCUT2D eigenvalue weighted by atomic mass is 10.0. The number of aliphatic hydroxyl groups excluding tert-OH is 2. The van der Waals surface area contributed by atoms with E-state index < -0.39 is 35.8 Å². The SMILES string of the molecule is O=C1c2ccccc2-c2c1c1ccc(C(F)(F)F)cc1c(=O)n2C[C@H](O)CO. The van der Waals surface area contributed by atoms with Crippen LogP contribution < -0.4 is 5.56 Å². The third kappa shape index (κ3) is 2.64. The third-order valence-corrected chi connectivity index (χ3v) is 4.86. The first-order valence-corrected chi connectivity index (χ1v) is 8.44. The molecule has 1 aliphatic rings. The molecule has 144 valence electrons. The number of hydrogen-bond acceptors (Lipinski definition) is 4. The molecule has 2 N–H and O–H groups in total. The van der Waals surface area contributed by atoms with Crippen LogP contribution >= 0.6 is 0 Å². The number of aromatic nitrogens is 1. The van der Waals surface area contributed by atoms with Crippen LogP contribution in [0, 0.1) is 0 Å². The van der Waals surface area contributed by atoms with Gasteiger partial charge in [-0.2, -0.15) is 13.2 Å². The molecule has 1 aromatic heterocycles. The predicted octanol–water partition coefficient (Wildman–Crippen LogP) is 2.58. The van der Waals surface area contributed by atoms with Gasteiger partial charge in [-0.05, 0) is 12.1 Å². The maximum absolute atomic E-state index is 13.1. The average molecular weight is 389 g/mol. The van der Waals surface area contributed by atoms with E-state index in [1.54, 1.807) is 24.3 Å². The van der Waals surface area contributed by atoms with Crippen molar-refractivity contribution in [1.82, 2.24) is 4.57 Å². The lowest BCUT2D eigenvalue weighted by Gasteiger charge is -2.18. The zero-order chi connectivity index (χ0) is 20.2. The molecule has 8 heteroatoms. The zero-order valence-corrected chi connectivity index (χ0v) is 14.3. The van der Waals surface area contributed by atoms with E-state index in [0.717, 1.165) is 22.8 Å². The minimum Gasteiger partial charge on any atom is -0.394 e. The number of carbonyl (C=O) groups excluding carboxylic acids is 1. The molecule has 0 radical (unpaired) electrons. The van der Waals surface area contributed by atoms with Crippen LogP contribution in [0.1, 0.15) is 21.5 Å². The molecule has 0 bridgehead atoms. The largest absolute Gasteiger partial charge is 0.416 e. The first-order chi connectivity index (χ1) is 13.2. The average Bonchev–Trinajstić information content (AvgIpc) is 2.97. The number of fused-ring (bicyclic) bond motifs is 5. The normalized spacial score (nSPS) is 14.2. The second-order valence-corrected chi connectivity index (χ2v) is 6.61. The highest BCUT2D eigenvalue weighted by molar-refractivity contribution is 6.26. The van der Waals surface area contributed by atoms with Crippen molar-refractivity contribution in [2.24, 2.45) is 0 Å². The molecule has 0 spiro atoms. The number of nitrogens with zero attached hydrogens (tertiary/aromatic N) is 1. The summed E-state index contributed by atoms with van der Waals surface area (Å²) in [7, 11) is 0. The Morgan fingerprint density at radius 2 is 1.68 bits per heavy atom. The monoisotopic (exact) mass is 389 g/mol. The van der Waals surface area contributed by atoms with Gasteiger partial charge in [0.25, 0.3) is 5.56 Å². The fourth-order valence-electron chi connectivity index (χ4n) is 3.60. The molecule has 1 heterocycles. The number of carbonyl (C=O) groups is 1. The summed E-state index contributed by atoms with van der Waals surface area (Å²) in [6.07, 6.45) is -5.96. The number of aliphatic hydroxyl groups is 2. The number of halogens is 3. The van der Waals surface area contributed by atoms with Crippen LogP contribution in [-0.4, -0.2) is 33.3 Å². The number of rotatable bonds is 3. The van der Waals surface area contributed by atoms with E-state index in [2.05, 4.69) is 0 Å². The second kappa shape index (κ2) is 6.29. The van der Waals surface area contributed by atoms with Gasteiger partial charge >= 0.3 is 6.18 Å². The third-order valence-electron chi connectivity index (χ3n) is 4.86. The Balaban J connectivity index is 2.13. The van der Waals surface area contributed by atoms with E-state index in [9.17, 15) is 27.9 Å². The molecule has 1 atom stereocenters. The van der Waals surface area contributed by atoms with E-state index in [4.69, 9.17) is 5.11 Å². The Morgan fingerprint density at radius 3 is 2.32 bits per heavy atom. The van der Waals surface area contributed by atoms with E-state index in [1.165, 1.54) is 0 Å². The number of alkyl halides is 3. The van der Waals surface area contributed by atoms with Gasteiger partial charge in [0, 0.05) is 21.9 Å². The Hall–Kier alpha value is -2.97. The van der Waals surface area contributed by atoms with Crippen molar-refractivity contribution in [1.29, 1.82) is 0 Å². The molecule has 3 aromatic rings. The molecule has 28 heavy (non-hydrogen) atoms. The molecule has 4 rings (SSSR count). The van der Waals surface area contributed by atoms with Gasteiger partial charge < -0.3 is 14.8 Å². The highest BCUT2D eigenvalue weighted by atomic mass is 19.4. The lowest BCUT2D eigenvalue weighted by Crippen LogP contribution is -2.30. The summed E-state index contributed by atoms with van der Waals surface area (Å²) >= 11 is 0. The fraction of sp³-hybridized carbons (Fsp3) is 0.200. The van der Waals surface area contributed by atoms with Crippen molar-refractivity contribution in [2.75, 3.05) is 6.61 Å². The Labute approximate surface area is 156 Å². The summed E-state index contributed by atoms with van der Waals surface area (Å²) in [6.45, 7) is -0.997. The summed E-state index contributed by atoms with van der Waals surface area (Å²) in [5.41, 5.74) is -0.616. The highest BCUT2D eigenvalue weighted by Gasteiger charge is 2.35. The molecule has 2 aromatic carbocycles. The van der Waals surface area contributed by atoms with Crippen molar-refractivity contribution < 1.29 is 28.2 Å². The molecule has 1 aliphatic carbocycles. The summed E-state index contributed by atoms with van der Waals surface area (Å²) in [4.78, 5) is 26.0. The standard InChI is InChI=1S/C20H14F3NO4/c21-20(22,23)10-5-6-12-15(7-10)19(28)24(8-11(26)9-25)17-13-3-1-2-4-14(13)18(27)16(12)17/h1-7,11,25-26H,8-9H2/t11-/m0/s1. The maximum atomic E-state index is 13.1. The van der Waals surface area contributed by atoms with Crippen molar-refractivity contribution in [3.8, 4) is 11.3 Å². The van der Waals surface area contributed by atoms with E-state index in [1.807, 2.05) is 0 Å². The van der Waals surface area contributed by atoms with Gasteiger partial charge in [-0.3, -0.25) is 9.59 Å². The number of benzene rings is 2. The summed E-state index contributed by atoms with van der Waals surface area (Å²) in [5, 5.41) is 18.9. The first-order valence-electron chi connectivity index (χ1n) is 8.44. The summed E-state index contributed by atoms with van der Waals surface area (Å²) in [6, 6.07) is 9.23. The lowest BCUT2D eigenvalue weighted by molar-refractivity contribution is -0.137. The highest BCUT2D eigenvalue weighted by Crippen LogP contribution is 2.40. The van der Waals surface area contributed by atoms with Gasteiger partial charge in [-0.15, -0.1) is 0 Å². The maximum Gasteiger partial charge on any atom is 0.416 e. The van der Waals surface area contributed by atoms with Gasteiger partial charge in [0.15, 0.2) is 5.78 Å². The van der Waals surface area contributed by atoms with Gasteiger partial charge in [0.2, 0.25) is 0 Å². The zero-order valence-electron chi connectivity index (χ0n) is 14.3. The van der Waals surface area contributed by atoms with Crippen LogP contribution in [0.3, 0.4) is 0 Å². The predicted molar refractivity (Wildman–Crippen MR) is 95.2 cm³/mol. The van der Waals surface area contributed by atoms with Crippen molar-refractivity contribution in [3.63, 3.8) is 0 Å². The number of ketones is 1. The van der Waals surface area contributed by atoms with Crippen molar-refractivity contribution in [3.05, 3.63) is 69.5 Å². The van der Waals surface area contributed by atoms with Gasteiger partial charge in [0.1, 0.15) is 0 Å². The quantitative estimate of drug-likeness (QED) is 0.565. The Kier molecular flexibility index (Phi) is 4.13. The molecule has 0 amide bonds. The van der Waals surface area contributed by atoms with Gasteiger partial charge in [-0.1, -0.05) is 30.3 Å². The molecule has 0 fully saturated rings. The van der Waals surface area contributed by atoms with Crippen LogP contribution in [0.4, 0.5) is 13.2 Å². The van der Waals surface area contributed by atoms with Gasteiger partial charge in [-0.25, -0.2) is 0 Å². The molecular formula is C20H14F3NO4. The van der Waals surface area contributed by atoms with Gasteiger partial charge in [0.05, 0.1) is 36.1 Å². The molecule has 0 saturated carbocycles. The first kappa shape index (κ1) is 18.4. The minimum absolute atomic E-state index is 0.120. The molecule has 5 nitrogen and oxygen atoms in total. The second-order valence-electron chi connectivity index (χ2n) is 6.61. The minimum atomic E-state index is -4.65. The fourth-order valence-corrected chi connectivity index (χ4v) is 3.60. The van der Waals surface area contributed by atoms with Crippen LogP contribution in [0.2, 0.25) is 0 Å². The van der Waals surface area contributed by atoms with Crippen LogP contribution in [-0.2, 0) is 12.7 Å². The van der Waals surface area contributed by atoms with E-state index in [-0.39, 0.29) is 28.6 Å². The number of pyridine rings is 1. The van der Waals surface area contributed by atoms with E-state index in [0.29, 0.717) is 11.1 Å². The van der Waals surface area contributed by atoms with Crippen LogP contribution in [0.15, 0.2) is 47.3 Å².